The molecule has 1 aromatic rings. The van der Waals surface area contributed by atoms with Gasteiger partial charge in [0.15, 0.2) is 0 Å². The first-order valence-electron chi connectivity index (χ1n) is 5.07. The maximum atomic E-state index is 11.6. The highest BCUT2D eigenvalue weighted by Gasteiger charge is 2.12. The standard InChI is InChI=1S/C11H14N2O3S/c1-9(14)7-13-17(15,16)8-11-4-2-3-10(5-11)6-12/h2-5,9,13-14H,7-8H2,1H3/t9-/m0/s1. The Morgan fingerprint density at radius 1 is 1.53 bits per heavy atom. The lowest BCUT2D eigenvalue weighted by Crippen LogP contribution is -2.31. The molecule has 5 nitrogen and oxygen atoms in total. The van der Waals surface area contributed by atoms with Gasteiger partial charge >= 0.3 is 0 Å². The van der Waals surface area contributed by atoms with Crippen molar-refractivity contribution in [1.82, 2.24) is 4.72 Å². The number of hydrogen-bond donors (Lipinski definition) is 2. The predicted octanol–water partition coefficient (Wildman–Crippen LogP) is 0.358. The molecule has 0 saturated carbocycles. The van der Waals surface area contributed by atoms with Gasteiger partial charge in [-0.1, -0.05) is 12.1 Å². The number of rotatable bonds is 5. The lowest BCUT2D eigenvalue weighted by Gasteiger charge is -2.08. The van der Waals surface area contributed by atoms with Crippen LogP contribution in [0.5, 0.6) is 0 Å². The number of nitrogens with one attached hydrogen (secondary N) is 1. The van der Waals surface area contributed by atoms with Crippen molar-refractivity contribution >= 4 is 10.0 Å². The topological polar surface area (TPSA) is 90.2 Å². The average molecular weight is 254 g/mol. The minimum Gasteiger partial charge on any atom is -0.392 e. The van der Waals surface area contributed by atoms with Crippen LogP contribution in [-0.4, -0.2) is 26.2 Å². The summed E-state index contributed by atoms with van der Waals surface area (Å²) >= 11 is 0. The zero-order valence-electron chi connectivity index (χ0n) is 9.42. The Kier molecular flexibility index (Phi) is 4.63. The van der Waals surface area contributed by atoms with Gasteiger partial charge in [-0.3, -0.25) is 0 Å². The molecule has 1 atom stereocenters. The molecular formula is C11H14N2O3S. The molecule has 1 aromatic carbocycles. The van der Waals surface area contributed by atoms with E-state index in [1.165, 1.54) is 13.0 Å². The minimum atomic E-state index is -3.47. The fourth-order valence-electron chi connectivity index (χ4n) is 1.25. The van der Waals surface area contributed by atoms with E-state index in [1.807, 2.05) is 6.07 Å². The number of aliphatic hydroxyl groups excluding tert-OH is 1. The van der Waals surface area contributed by atoms with Crippen molar-refractivity contribution in [2.45, 2.75) is 18.8 Å². The van der Waals surface area contributed by atoms with Gasteiger partial charge in [0.2, 0.25) is 10.0 Å². The van der Waals surface area contributed by atoms with E-state index in [4.69, 9.17) is 10.4 Å². The van der Waals surface area contributed by atoms with Crippen LogP contribution in [0.1, 0.15) is 18.1 Å². The summed E-state index contributed by atoms with van der Waals surface area (Å²) in [5.41, 5.74) is 0.968. The van der Waals surface area contributed by atoms with Gasteiger partial charge in [0.05, 0.1) is 23.5 Å². The van der Waals surface area contributed by atoms with E-state index in [9.17, 15) is 8.42 Å². The Bertz CT molecular complexity index is 518. The number of aliphatic hydroxyl groups is 1. The molecule has 0 amide bonds. The van der Waals surface area contributed by atoms with E-state index >= 15 is 0 Å². The quantitative estimate of drug-likeness (QED) is 0.793. The Morgan fingerprint density at radius 2 is 2.24 bits per heavy atom. The molecule has 0 radical (unpaired) electrons. The van der Waals surface area contributed by atoms with Crippen LogP contribution in [0.25, 0.3) is 0 Å². The summed E-state index contributed by atoms with van der Waals surface area (Å²) in [5, 5.41) is 17.7. The highest BCUT2D eigenvalue weighted by Crippen LogP contribution is 2.07. The Labute approximate surface area is 101 Å². The molecule has 0 aromatic heterocycles. The zero-order valence-corrected chi connectivity index (χ0v) is 10.2. The minimum absolute atomic E-state index is 0.0136. The summed E-state index contributed by atoms with van der Waals surface area (Å²) in [6.45, 7) is 1.49. The van der Waals surface area contributed by atoms with Crippen molar-refractivity contribution in [3.63, 3.8) is 0 Å². The highest BCUT2D eigenvalue weighted by molar-refractivity contribution is 7.88. The maximum Gasteiger partial charge on any atom is 0.215 e. The molecule has 92 valence electrons. The van der Waals surface area contributed by atoms with Crippen LogP contribution >= 0.6 is 0 Å². The normalized spacial score (nSPS) is 13.0. The van der Waals surface area contributed by atoms with Crippen molar-refractivity contribution in [3.8, 4) is 6.07 Å². The predicted molar refractivity (Wildman–Crippen MR) is 63.5 cm³/mol. The van der Waals surface area contributed by atoms with Crippen LogP contribution in [-0.2, 0) is 15.8 Å². The van der Waals surface area contributed by atoms with Gasteiger partial charge in [-0.25, -0.2) is 13.1 Å². The zero-order chi connectivity index (χ0) is 12.9. The summed E-state index contributed by atoms with van der Waals surface area (Å²) in [6, 6.07) is 8.37. The summed E-state index contributed by atoms with van der Waals surface area (Å²) in [4.78, 5) is 0. The van der Waals surface area contributed by atoms with Gasteiger partial charge in [0, 0.05) is 6.54 Å². The third-order valence-corrected chi connectivity index (χ3v) is 3.33. The second-order valence-corrected chi connectivity index (χ2v) is 5.58. The molecule has 0 bridgehead atoms. The van der Waals surface area contributed by atoms with Crippen molar-refractivity contribution in [2.75, 3.05) is 6.54 Å². The van der Waals surface area contributed by atoms with Crippen molar-refractivity contribution in [3.05, 3.63) is 35.4 Å². The summed E-state index contributed by atoms with van der Waals surface area (Å²) in [6.07, 6.45) is -0.727. The lowest BCUT2D eigenvalue weighted by atomic mass is 10.2. The Hall–Kier alpha value is -1.42. The first-order valence-corrected chi connectivity index (χ1v) is 6.72. The van der Waals surface area contributed by atoms with Crippen molar-refractivity contribution < 1.29 is 13.5 Å². The molecular weight excluding hydrogens is 240 g/mol. The van der Waals surface area contributed by atoms with Crippen LogP contribution < -0.4 is 4.72 Å². The van der Waals surface area contributed by atoms with Crippen LogP contribution in [0.4, 0.5) is 0 Å². The lowest BCUT2D eigenvalue weighted by molar-refractivity contribution is 0.198. The van der Waals surface area contributed by atoms with E-state index in [0.717, 1.165) is 0 Å². The molecule has 0 spiro atoms. The summed E-state index contributed by atoms with van der Waals surface area (Å²) in [7, 11) is -3.47. The fourth-order valence-corrected chi connectivity index (χ4v) is 2.46. The maximum absolute atomic E-state index is 11.6. The van der Waals surface area contributed by atoms with E-state index in [0.29, 0.717) is 11.1 Å². The van der Waals surface area contributed by atoms with Gasteiger partial charge in [-0.15, -0.1) is 0 Å². The van der Waals surface area contributed by atoms with Gasteiger partial charge < -0.3 is 5.11 Å². The largest absolute Gasteiger partial charge is 0.392 e. The summed E-state index contributed by atoms with van der Waals surface area (Å²) in [5.74, 6) is -0.199. The smallest absolute Gasteiger partial charge is 0.215 e. The molecule has 0 unspecified atom stereocenters. The second-order valence-electron chi connectivity index (χ2n) is 3.77. The molecule has 0 aliphatic rings. The van der Waals surface area contributed by atoms with Crippen molar-refractivity contribution in [1.29, 1.82) is 5.26 Å². The number of nitriles is 1. The van der Waals surface area contributed by atoms with Crippen molar-refractivity contribution in [2.24, 2.45) is 0 Å². The molecule has 0 fully saturated rings. The molecule has 2 N–H and O–H groups in total. The van der Waals surface area contributed by atoms with Gasteiger partial charge in [0.1, 0.15) is 0 Å². The third kappa shape index (κ3) is 4.95. The molecule has 0 aliphatic carbocycles. The highest BCUT2D eigenvalue weighted by atomic mass is 32.2. The number of benzene rings is 1. The fraction of sp³-hybridized carbons (Fsp3) is 0.364. The SMILES string of the molecule is C[C@H](O)CNS(=O)(=O)Cc1cccc(C#N)c1. The molecule has 17 heavy (non-hydrogen) atoms. The number of nitrogens with zero attached hydrogens (tertiary/aromatic N) is 1. The average Bonchev–Trinajstić information content (AvgIpc) is 2.26. The van der Waals surface area contributed by atoms with E-state index in [1.54, 1.807) is 18.2 Å². The van der Waals surface area contributed by atoms with E-state index < -0.39 is 16.1 Å². The van der Waals surface area contributed by atoms with E-state index in [2.05, 4.69) is 4.72 Å². The van der Waals surface area contributed by atoms with Crippen LogP contribution in [0.3, 0.4) is 0 Å². The Morgan fingerprint density at radius 3 is 2.82 bits per heavy atom. The molecule has 6 heteroatoms. The first kappa shape index (κ1) is 13.6. The van der Waals surface area contributed by atoms with Gasteiger partial charge in [0.25, 0.3) is 0 Å². The van der Waals surface area contributed by atoms with Gasteiger partial charge in [-0.2, -0.15) is 5.26 Å². The second kappa shape index (κ2) is 5.77. The molecule has 0 heterocycles. The van der Waals surface area contributed by atoms with Crippen LogP contribution in [0.2, 0.25) is 0 Å². The van der Waals surface area contributed by atoms with Gasteiger partial charge in [-0.05, 0) is 24.6 Å². The number of sulfonamides is 1. The Balaban J connectivity index is 2.73. The number of hydrogen-bond acceptors (Lipinski definition) is 4. The van der Waals surface area contributed by atoms with E-state index in [-0.39, 0.29) is 12.3 Å². The first-order chi connectivity index (χ1) is 7.93. The van der Waals surface area contributed by atoms with Crippen LogP contribution in [0, 0.1) is 11.3 Å². The molecule has 0 aliphatic heterocycles. The summed E-state index contributed by atoms with van der Waals surface area (Å²) < 4.78 is 25.5. The monoisotopic (exact) mass is 254 g/mol. The third-order valence-electron chi connectivity index (χ3n) is 2.01. The van der Waals surface area contributed by atoms with Crippen LogP contribution in [0.15, 0.2) is 24.3 Å². The molecule has 0 saturated heterocycles. The molecule has 1 rings (SSSR count).